The minimum atomic E-state index is -4.39. The Bertz CT molecular complexity index is 960. The van der Waals surface area contributed by atoms with Gasteiger partial charge in [-0.2, -0.15) is 13.2 Å². The lowest BCUT2D eigenvalue weighted by Crippen LogP contribution is -2.29. The summed E-state index contributed by atoms with van der Waals surface area (Å²) in [5, 5.41) is 5.14. The fourth-order valence-corrected chi connectivity index (χ4v) is 3.15. The number of hydrogen-bond acceptors (Lipinski definition) is 4. The van der Waals surface area contributed by atoms with Crippen LogP contribution in [0.1, 0.15) is 34.5 Å². The molecule has 0 saturated heterocycles. The molecule has 0 radical (unpaired) electrons. The molecule has 0 saturated carbocycles. The summed E-state index contributed by atoms with van der Waals surface area (Å²) in [6.45, 7) is 0.172. The van der Waals surface area contributed by atoms with Crippen LogP contribution in [0, 0.1) is 0 Å². The van der Waals surface area contributed by atoms with Crippen LogP contribution in [0.15, 0.2) is 53.4 Å². The molecule has 158 valence electrons. The van der Waals surface area contributed by atoms with E-state index in [0.29, 0.717) is 16.7 Å². The van der Waals surface area contributed by atoms with Gasteiger partial charge in [0.1, 0.15) is 6.61 Å². The average Bonchev–Trinajstić information content (AvgIpc) is 2.65. The van der Waals surface area contributed by atoms with Crippen LogP contribution in [0.25, 0.3) is 0 Å². The number of nitrogens with two attached hydrogens (primary N) is 1. The van der Waals surface area contributed by atoms with Crippen molar-refractivity contribution in [2.45, 2.75) is 30.6 Å². The molecule has 29 heavy (non-hydrogen) atoms. The van der Waals surface area contributed by atoms with Gasteiger partial charge in [-0.15, -0.1) is 0 Å². The standard InChI is InChI=1S/C19H21F3N2O4S/c1-13(16-4-3-5-17(10-16)29(23,26)27)24(2)18(25)15-8-6-14(7-9-15)11-28-12-19(20,21)22/h3-10,13H,11-12H2,1-2H3,(H2,23,26,27). The first-order valence-corrected chi connectivity index (χ1v) is 10.1. The fourth-order valence-electron chi connectivity index (χ4n) is 2.58. The molecule has 0 aliphatic rings. The zero-order chi connectivity index (χ0) is 21.8. The molecule has 0 fully saturated rings. The summed E-state index contributed by atoms with van der Waals surface area (Å²) in [5.74, 6) is -0.332. The summed E-state index contributed by atoms with van der Waals surface area (Å²) in [7, 11) is -2.30. The molecule has 0 aromatic heterocycles. The van der Waals surface area contributed by atoms with Crippen LogP contribution >= 0.6 is 0 Å². The molecule has 2 aromatic rings. The highest BCUT2D eigenvalue weighted by Crippen LogP contribution is 2.23. The lowest BCUT2D eigenvalue weighted by Gasteiger charge is -2.26. The first-order valence-electron chi connectivity index (χ1n) is 8.52. The van der Waals surface area contributed by atoms with Crippen LogP contribution in [0.2, 0.25) is 0 Å². The van der Waals surface area contributed by atoms with E-state index in [0.717, 1.165) is 0 Å². The van der Waals surface area contributed by atoms with Gasteiger partial charge in [0.2, 0.25) is 10.0 Å². The van der Waals surface area contributed by atoms with Crippen molar-refractivity contribution in [2.75, 3.05) is 13.7 Å². The lowest BCUT2D eigenvalue weighted by molar-refractivity contribution is -0.176. The second-order valence-electron chi connectivity index (χ2n) is 6.51. The first kappa shape index (κ1) is 22.9. The van der Waals surface area contributed by atoms with E-state index in [4.69, 9.17) is 5.14 Å². The maximum absolute atomic E-state index is 12.7. The highest BCUT2D eigenvalue weighted by atomic mass is 32.2. The summed E-state index contributed by atoms with van der Waals surface area (Å²) >= 11 is 0. The van der Waals surface area contributed by atoms with Crippen LogP contribution < -0.4 is 5.14 Å². The molecular formula is C19H21F3N2O4S. The number of halogens is 3. The van der Waals surface area contributed by atoms with Crippen LogP contribution in [0.4, 0.5) is 13.2 Å². The second kappa shape index (κ2) is 8.93. The molecule has 1 amide bonds. The molecule has 0 bridgehead atoms. The van der Waals surface area contributed by atoms with E-state index < -0.39 is 28.8 Å². The van der Waals surface area contributed by atoms with Crippen molar-refractivity contribution in [1.29, 1.82) is 0 Å². The number of alkyl halides is 3. The number of nitrogens with zero attached hydrogens (tertiary/aromatic N) is 1. The number of sulfonamides is 1. The van der Waals surface area contributed by atoms with Gasteiger partial charge in [0, 0.05) is 12.6 Å². The topological polar surface area (TPSA) is 89.7 Å². The van der Waals surface area contributed by atoms with Gasteiger partial charge in [-0.05, 0) is 42.3 Å². The Labute approximate surface area is 167 Å². The molecule has 2 aromatic carbocycles. The van der Waals surface area contributed by atoms with Crippen molar-refractivity contribution in [3.63, 3.8) is 0 Å². The molecule has 2 rings (SSSR count). The minimum Gasteiger partial charge on any atom is -0.367 e. The van der Waals surface area contributed by atoms with Crippen molar-refractivity contribution >= 4 is 15.9 Å². The van der Waals surface area contributed by atoms with Crippen LogP contribution in [-0.2, 0) is 21.4 Å². The molecule has 2 N–H and O–H groups in total. The predicted molar refractivity (Wildman–Crippen MR) is 100 cm³/mol. The highest BCUT2D eigenvalue weighted by Gasteiger charge is 2.27. The van der Waals surface area contributed by atoms with Crippen LogP contribution in [0.5, 0.6) is 0 Å². The Morgan fingerprint density at radius 1 is 1.17 bits per heavy atom. The van der Waals surface area contributed by atoms with E-state index in [9.17, 15) is 26.4 Å². The summed E-state index contributed by atoms with van der Waals surface area (Å²) in [4.78, 5) is 14.1. The minimum absolute atomic E-state index is 0.0501. The Kier molecular flexibility index (Phi) is 7.04. The molecule has 10 heteroatoms. The van der Waals surface area contributed by atoms with Crippen molar-refractivity contribution in [3.05, 3.63) is 65.2 Å². The Morgan fingerprint density at radius 2 is 1.79 bits per heavy atom. The van der Waals surface area contributed by atoms with E-state index in [-0.39, 0.29) is 17.4 Å². The second-order valence-corrected chi connectivity index (χ2v) is 8.08. The van der Waals surface area contributed by atoms with Gasteiger partial charge in [-0.1, -0.05) is 24.3 Å². The maximum atomic E-state index is 12.7. The third-order valence-electron chi connectivity index (χ3n) is 4.31. The predicted octanol–water partition coefficient (Wildman–Crippen LogP) is 3.25. The van der Waals surface area contributed by atoms with Crippen LogP contribution in [-0.4, -0.2) is 39.1 Å². The summed E-state index contributed by atoms with van der Waals surface area (Å²) in [5.41, 5.74) is 1.42. The molecule has 6 nitrogen and oxygen atoms in total. The van der Waals surface area contributed by atoms with Gasteiger partial charge >= 0.3 is 6.18 Å². The largest absolute Gasteiger partial charge is 0.411 e. The Balaban J connectivity index is 2.07. The normalized spacial score (nSPS) is 13.2. The number of carbonyl (C=O) groups excluding carboxylic acids is 1. The van der Waals surface area contributed by atoms with Crippen LogP contribution in [0.3, 0.4) is 0 Å². The highest BCUT2D eigenvalue weighted by molar-refractivity contribution is 7.89. The van der Waals surface area contributed by atoms with Crippen molar-refractivity contribution in [3.8, 4) is 0 Å². The zero-order valence-corrected chi connectivity index (χ0v) is 16.6. The fraction of sp³-hybridized carbons (Fsp3) is 0.316. The van der Waals surface area contributed by atoms with Crippen molar-refractivity contribution in [1.82, 2.24) is 4.90 Å². The summed E-state index contributed by atoms with van der Waals surface area (Å²) < 4.78 is 63.9. The Hall–Kier alpha value is -2.43. The summed E-state index contributed by atoms with van der Waals surface area (Å²) in [6, 6.07) is 11.6. The molecule has 0 spiro atoms. The first-order chi connectivity index (χ1) is 13.4. The SMILES string of the molecule is CC(c1cccc(S(N)(=O)=O)c1)N(C)C(=O)c1ccc(COCC(F)(F)F)cc1. The van der Waals surface area contributed by atoms with Crippen molar-refractivity contribution < 1.29 is 31.1 Å². The number of carbonyl (C=O) groups is 1. The van der Waals surface area contributed by atoms with Gasteiger partial charge < -0.3 is 9.64 Å². The number of hydrogen-bond donors (Lipinski definition) is 1. The van der Waals surface area contributed by atoms with E-state index in [1.165, 1.54) is 41.3 Å². The van der Waals surface area contributed by atoms with E-state index in [1.54, 1.807) is 26.1 Å². The molecule has 0 heterocycles. The van der Waals surface area contributed by atoms with Crippen molar-refractivity contribution in [2.24, 2.45) is 5.14 Å². The number of ether oxygens (including phenoxy) is 1. The molecule has 0 aliphatic heterocycles. The average molecular weight is 430 g/mol. The molecular weight excluding hydrogens is 409 g/mol. The number of rotatable bonds is 7. The van der Waals surface area contributed by atoms with E-state index >= 15 is 0 Å². The molecule has 0 aliphatic carbocycles. The molecule has 1 atom stereocenters. The molecule has 1 unspecified atom stereocenters. The quantitative estimate of drug-likeness (QED) is 0.730. The monoisotopic (exact) mass is 430 g/mol. The maximum Gasteiger partial charge on any atom is 0.411 e. The Morgan fingerprint density at radius 3 is 2.34 bits per heavy atom. The van der Waals surface area contributed by atoms with E-state index in [1.807, 2.05) is 0 Å². The number of amides is 1. The van der Waals surface area contributed by atoms with Gasteiger partial charge in [0.25, 0.3) is 5.91 Å². The number of primary sulfonamides is 1. The zero-order valence-electron chi connectivity index (χ0n) is 15.8. The van der Waals surface area contributed by atoms with Gasteiger partial charge in [-0.3, -0.25) is 4.79 Å². The summed E-state index contributed by atoms with van der Waals surface area (Å²) in [6.07, 6.45) is -4.39. The smallest absolute Gasteiger partial charge is 0.367 e. The third kappa shape index (κ3) is 6.55. The van der Waals surface area contributed by atoms with Gasteiger partial charge in [0.05, 0.1) is 17.5 Å². The van der Waals surface area contributed by atoms with Gasteiger partial charge in [0.15, 0.2) is 0 Å². The number of benzene rings is 2. The lowest BCUT2D eigenvalue weighted by atomic mass is 10.1. The third-order valence-corrected chi connectivity index (χ3v) is 5.22. The van der Waals surface area contributed by atoms with E-state index in [2.05, 4.69) is 4.74 Å². The van der Waals surface area contributed by atoms with Gasteiger partial charge in [-0.25, -0.2) is 13.6 Å².